The Morgan fingerprint density at radius 1 is 1.05 bits per heavy atom. The Labute approximate surface area is 117 Å². The van der Waals surface area contributed by atoms with Crippen LogP contribution in [0.4, 0.5) is 0 Å². The van der Waals surface area contributed by atoms with E-state index in [1.165, 1.54) is 16.3 Å². The maximum absolute atomic E-state index is 11.4. The second-order valence-corrected chi connectivity index (χ2v) is 5.66. The van der Waals surface area contributed by atoms with Gasteiger partial charge in [-0.3, -0.25) is 9.78 Å². The van der Waals surface area contributed by atoms with Gasteiger partial charge in [-0.2, -0.15) is 0 Å². The normalized spacial score (nSPS) is 17.1. The van der Waals surface area contributed by atoms with E-state index in [9.17, 15) is 4.79 Å². The van der Waals surface area contributed by atoms with E-state index in [1.807, 2.05) is 18.5 Å². The summed E-state index contributed by atoms with van der Waals surface area (Å²) in [7, 11) is 0. The zero-order valence-corrected chi connectivity index (χ0v) is 11.2. The molecule has 3 aromatic rings. The molecule has 0 unspecified atom stereocenters. The SMILES string of the molecule is O=C1CCC(c2ccc3[nH]c4ccncc4c3c2)CC1. The number of nitrogens with zero attached hydrogens (tertiary/aromatic N) is 1. The molecule has 3 nitrogen and oxygen atoms in total. The molecule has 4 rings (SSSR count). The first-order chi connectivity index (χ1) is 9.81. The molecule has 1 aliphatic rings. The van der Waals surface area contributed by atoms with Crippen LogP contribution >= 0.6 is 0 Å². The van der Waals surface area contributed by atoms with Crippen molar-refractivity contribution >= 4 is 27.6 Å². The Balaban J connectivity index is 1.81. The Hall–Kier alpha value is -2.16. The van der Waals surface area contributed by atoms with Crippen molar-refractivity contribution in [1.82, 2.24) is 9.97 Å². The van der Waals surface area contributed by atoms with Gasteiger partial charge in [-0.1, -0.05) is 6.07 Å². The second kappa shape index (κ2) is 4.44. The Morgan fingerprint density at radius 3 is 2.70 bits per heavy atom. The Bertz CT molecular complexity index is 793. The summed E-state index contributed by atoms with van der Waals surface area (Å²) in [6.45, 7) is 0. The Morgan fingerprint density at radius 2 is 1.85 bits per heavy atom. The van der Waals surface area contributed by atoms with Crippen LogP contribution in [0.25, 0.3) is 21.8 Å². The lowest BCUT2D eigenvalue weighted by Crippen LogP contribution is -2.12. The molecule has 1 fully saturated rings. The highest BCUT2D eigenvalue weighted by molar-refractivity contribution is 6.06. The van der Waals surface area contributed by atoms with Gasteiger partial charge < -0.3 is 4.98 Å². The molecule has 3 heteroatoms. The minimum absolute atomic E-state index is 0.415. The van der Waals surface area contributed by atoms with Gasteiger partial charge in [-0.15, -0.1) is 0 Å². The average Bonchev–Trinajstić information content (AvgIpc) is 2.86. The molecule has 0 atom stereocenters. The standard InChI is InChI=1S/C17H16N2O/c20-13-4-1-11(2-5-13)12-3-6-16-14(9-12)15-10-18-8-7-17(15)19-16/h3,6-11,19H,1-2,4-5H2. The predicted molar refractivity (Wildman–Crippen MR) is 79.8 cm³/mol. The molecule has 1 aromatic carbocycles. The summed E-state index contributed by atoms with van der Waals surface area (Å²) in [4.78, 5) is 19.0. The summed E-state index contributed by atoms with van der Waals surface area (Å²) in [6.07, 6.45) is 7.18. The van der Waals surface area contributed by atoms with Crippen LogP contribution in [0.5, 0.6) is 0 Å². The molecule has 0 amide bonds. The quantitative estimate of drug-likeness (QED) is 0.723. The van der Waals surface area contributed by atoms with E-state index in [0.29, 0.717) is 11.7 Å². The number of Topliss-reactive ketones (excluding diaryl/α,β-unsaturated/α-hetero) is 1. The highest BCUT2D eigenvalue weighted by Crippen LogP contribution is 2.34. The van der Waals surface area contributed by atoms with Crippen LogP contribution < -0.4 is 0 Å². The summed E-state index contributed by atoms with van der Waals surface area (Å²) < 4.78 is 0. The Kier molecular flexibility index (Phi) is 2.59. The number of hydrogen-bond donors (Lipinski definition) is 1. The van der Waals surface area contributed by atoms with Gasteiger partial charge in [0.2, 0.25) is 0 Å². The minimum Gasteiger partial charge on any atom is -0.354 e. The third kappa shape index (κ3) is 1.82. The van der Waals surface area contributed by atoms with Crippen molar-refractivity contribution in [2.75, 3.05) is 0 Å². The number of nitrogens with one attached hydrogen (secondary N) is 1. The fraction of sp³-hybridized carbons (Fsp3) is 0.294. The lowest BCUT2D eigenvalue weighted by molar-refractivity contribution is -0.120. The molecule has 0 spiro atoms. The molecule has 1 saturated carbocycles. The highest BCUT2D eigenvalue weighted by atomic mass is 16.1. The molecule has 0 aliphatic heterocycles. The zero-order valence-electron chi connectivity index (χ0n) is 11.2. The number of rotatable bonds is 1. The summed E-state index contributed by atoms with van der Waals surface area (Å²) in [5.74, 6) is 0.942. The molecule has 20 heavy (non-hydrogen) atoms. The van der Waals surface area contributed by atoms with Crippen molar-refractivity contribution in [3.05, 3.63) is 42.2 Å². The predicted octanol–water partition coefficient (Wildman–Crippen LogP) is 3.94. The first-order valence-corrected chi connectivity index (χ1v) is 7.18. The number of carbonyl (C=O) groups excluding carboxylic acids is 1. The third-order valence-corrected chi connectivity index (χ3v) is 4.44. The largest absolute Gasteiger partial charge is 0.354 e. The summed E-state index contributed by atoms with van der Waals surface area (Å²) in [5.41, 5.74) is 3.64. The number of ketones is 1. The van der Waals surface area contributed by atoms with Crippen LogP contribution in [0.1, 0.15) is 37.2 Å². The first kappa shape index (κ1) is 11.6. The van der Waals surface area contributed by atoms with Crippen LogP contribution in [-0.2, 0) is 4.79 Å². The summed E-state index contributed by atoms with van der Waals surface area (Å²) in [6, 6.07) is 8.64. The van der Waals surface area contributed by atoms with E-state index in [-0.39, 0.29) is 0 Å². The molecule has 100 valence electrons. The molecular weight excluding hydrogens is 248 g/mol. The zero-order chi connectivity index (χ0) is 13.5. The topological polar surface area (TPSA) is 45.8 Å². The number of pyridine rings is 1. The van der Waals surface area contributed by atoms with Gasteiger partial charge in [-0.05, 0) is 42.5 Å². The van der Waals surface area contributed by atoms with Crippen LogP contribution in [-0.4, -0.2) is 15.8 Å². The number of benzene rings is 1. The van der Waals surface area contributed by atoms with Crippen LogP contribution in [0.2, 0.25) is 0 Å². The van der Waals surface area contributed by atoms with Crippen molar-refractivity contribution in [2.24, 2.45) is 0 Å². The number of H-pyrrole nitrogens is 1. The van der Waals surface area contributed by atoms with Crippen LogP contribution in [0.3, 0.4) is 0 Å². The van der Waals surface area contributed by atoms with E-state index in [0.717, 1.165) is 36.7 Å². The van der Waals surface area contributed by atoms with Gasteiger partial charge in [0, 0.05) is 47.0 Å². The van der Waals surface area contributed by atoms with E-state index in [4.69, 9.17) is 0 Å². The van der Waals surface area contributed by atoms with E-state index in [1.54, 1.807) is 0 Å². The summed E-state index contributed by atoms with van der Waals surface area (Å²) >= 11 is 0. The molecule has 2 heterocycles. The van der Waals surface area contributed by atoms with Crippen LogP contribution in [0.15, 0.2) is 36.7 Å². The number of aromatic amines is 1. The third-order valence-electron chi connectivity index (χ3n) is 4.44. The number of aromatic nitrogens is 2. The molecule has 2 aromatic heterocycles. The lowest BCUT2D eigenvalue weighted by Gasteiger charge is -2.21. The monoisotopic (exact) mass is 264 g/mol. The van der Waals surface area contributed by atoms with Gasteiger partial charge in [0.15, 0.2) is 0 Å². The number of fused-ring (bicyclic) bond motifs is 3. The van der Waals surface area contributed by atoms with Gasteiger partial charge in [0.25, 0.3) is 0 Å². The molecule has 1 aliphatic carbocycles. The van der Waals surface area contributed by atoms with Crippen molar-refractivity contribution in [2.45, 2.75) is 31.6 Å². The van der Waals surface area contributed by atoms with E-state index >= 15 is 0 Å². The maximum atomic E-state index is 11.4. The average molecular weight is 264 g/mol. The molecule has 0 radical (unpaired) electrons. The van der Waals surface area contributed by atoms with Crippen molar-refractivity contribution < 1.29 is 4.79 Å². The fourth-order valence-electron chi connectivity index (χ4n) is 3.28. The smallest absolute Gasteiger partial charge is 0.132 e. The molecular formula is C17H16N2O. The van der Waals surface area contributed by atoms with E-state index < -0.39 is 0 Å². The minimum atomic E-state index is 0.415. The lowest BCUT2D eigenvalue weighted by atomic mass is 9.83. The van der Waals surface area contributed by atoms with Crippen LogP contribution in [0, 0.1) is 0 Å². The first-order valence-electron chi connectivity index (χ1n) is 7.18. The van der Waals surface area contributed by atoms with Gasteiger partial charge in [0.1, 0.15) is 5.78 Å². The maximum Gasteiger partial charge on any atom is 0.132 e. The van der Waals surface area contributed by atoms with Gasteiger partial charge >= 0.3 is 0 Å². The van der Waals surface area contributed by atoms with E-state index in [2.05, 4.69) is 28.2 Å². The van der Waals surface area contributed by atoms with Gasteiger partial charge in [-0.25, -0.2) is 0 Å². The second-order valence-electron chi connectivity index (χ2n) is 5.66. The molecule has 0 bridgehead atoms. The highest BCUT2D eigenvalue weighted by Gasteiger charge is 2.20. The molecule has 1 N–H and O–H groups in total. The van der Waals surface area contributed by atoms with Crippen molar-refractivity contribution in [3.63, 3.8) is 0 Å². The molecule has 0 saturated heterocycles. The number of hydrogen-bond acceptors (Lipinski definition) is 2. The number of carbonyl (C=O) groups is 1. The van der Waals surface area contributed by atoms with Crippen molar-refractivity contribution in [3.8, 4) is 0 Å². The van der Waals surface area contributed by atoms with Gasteiger partial charge in [0.05, 0.1) is 0 Å². The summed E-state index contributed by atoms with van der Waals surface area (Å²) in [5, 5.41) is 2.42. The fourth-order valence-corrected chi connectivity index (χ4v) is 3.28. The van der Waals surface area contributed by atoms with Crippen molar-refractivity contribution in [1.29, 1.82) is 0 Å².